The van der Waals surface area contributed by atoms with E-state index in [4.69, 9.17) is 9.47 Å². The third kappa shape index (κ3) is 6.59. The first-order valence-corrected chi connectivity index (χ1v) is 11.9. The van der Waals surface area contributed by atoms with Crippen LogP contribution in [0.3, 0.4) is 0 Å². The van der Waals surface area contributed by atoms with E-state index in [0.717, 1.165) is 29.7 Å². The van der Waals surface area contributed by atoms with E-state index < -0.39 is 6.10 Å². The molecule has 0 fully saturated rings. The molecular weight excluding hydrogens is 454 g/mol. The molecule has 186 valence electrons. The van der Waals surface area contributed by atoms with Crippen molar-refractivity contribution in [2.75, 3.05) is 33.8 Å². The Hall–Kier alpha value is -3.94. The van der Waals surface area contributed by atoms with Crippen molar-refractivity contribution in [3.05, 3.63) is 96.2 Å². The largest absolute Gasteiger partial charge is 0.491 e. The van der Waals surface area contributed by atoms with Crippen molar-refractivity contribution in [1.82, 2.24) is 15.2 Å². The molecule has 4 rings (SSSR count). The molecule has 1 heterocycles. The number of hydrogen-bond acceptors (Lipinski definition) is 6. The molecule has 0 aliphatic carbocycles. The van der Waals surface area contributed by atoms with Crippen molar-refractivity contribution in [3.8, 4) is 17.2 Å². The molecule has 7 heteroatoms. The van der Waals surface area contributed by atoms with E-state index in [0.29, 0.717) is 29.1 Å². The van der Waals surface area contributed by atoms with Crippen LogP contribution in [0, 0.1) is 0 Å². The number of carbonyl (C=O) groups is 1. The fourth-order valence-corrected chi connectivity index (χ4v) is 3.77. The normalized spacial score (nSPS) is 11.8. The molecule has 1 atom stereocenters. The number of aromatic nitrogens is 1. The number of carbonyl (C=O) groups excluding carboxylic acids is 1. The van der Waals surface area contributed by atoms with Gasteiger partial charge in [-0.15, -0.1) is 0 Å². The number of aliphatic hydroxyl groups excluding tert-OH is 1. The van der Waals surface area contributed by atoms with Gasteiger partial charge >= 0.3 is 0 Å². The summed E-state index contributed by atoms with van der Waals surface area (Å²) >= 11 is 0. The van der Waals surface area contributed by atoms with E-state index in [1.807, 2.05) is 66.7 Å². The minimum atomic E-state index is -0.579. The highest BCUT2D eigenvalue weighted by Crippen LogP contribution is 2.30. The summed E-state index contributed by atoms with van der Waals surface area (Å²) in [6.07, 6.45) is 1.90. The summed E-state index contributed by atoms with van der Waals surface area (Å²) in [5.41, 5.74) is 2.32. The number of rotatable bonds is 11. The van der Waals surface area contributed by atoms with Crippen LogP contribution in [0.1, 0.15) is 15.9 Å². The second-order valence-electron chi connectivity index (χ2n) is 8.69. The van der Waals surface area contributed by atoms with Gasteiger partial charge in [0, 0.05) is 32.2 Å². The Labute approximate surface area is 211 Å². The number of amides is 1. The molecule has 0 saturated heterocycles. The molecule has 0 aliphatic heterocycles. The van der Waals surface area contributed by atoms with Gasteiger partial charge in [0.25, 0.3) is 5.91 Å². The molecule has 0 saturated carbocycles. The number of hydrogen-bond donors (Lipinski definition) is 2. The Morgan fingerprint density at radius 1 is 0.972 bits per heavy atom. The van der Waals surface area contributed by atoms with E-state index in [9.17, 15) is 9.90 Å². The van der Waals surface area contributed by atoms with Crippen molar-refractivity contribution in [1.29, 1.82) is 0 Å². The van der Waals surface area contributed by atoms with Crippen molar-refractivity contribution in [2.24, 2.45) is 0 Å². The Bertz CT molecular complexity index is 1280. The Morgan fingerprint density at radius 3 is 2.50 bits per heavy atom. The van der Waals surface area contributed by atoms with Crippen LogP contribution in [0.15, 0.2) is 85.1 Å². The Morgan fingerprint density at radius 2 is 1.75 bits per heavy atom. The van der Waals surface area contributed by atoms with Gasteiger partial charge in [-0.1, -0.05) is 36.4 Å². The zero-order valence-corrected chi connectivity index (χ0v) is 20.6. The van der Waals surface area contributed by atoms with E-state index >= 15 is 0 Å². The van der Waals surface area contributed by atoms with Crippen LogP contribution in [0.4, 0.5) is 0 Å². The predicted octanol–water partition coefficient (Wildman–Crippen LogP) is 4.30. The molecule has 0 aliphatic rings. The summed E-state index contributed by atoms with van der Waals surface area (Å²) in [7, 11) is 3.45. The zero-order valence-electron chi connectivity index (χ0n) is 20.6. The summed E-state index contributed by atoms with van der Waals surface area (Å²) in [4.78, 5) is 18.5. The summed E-state index contributed by atoms with van der Waals surface area (Å²) in [5.74, 6) is 2.01. The first-order chi connectivity index (χ1) is 17.5. The molecule has 1 amide bonds. The van der Waals surface area contributed by atoms with Gasteiger partial charge in [-0.2, -0.15) is 0 Å². The molecule has 0 radical (unpaired) electrons. The number of ether oxygens (including phenoxy) is 2. The average molecular weight is 486 g/mol. The molecule has 2 N–H and O–H groups in total. The number of nitrogens with one attached hydrogen (secondary N) is 1. The molecule has 3 aromatic carbocycles. The lowest BCUT2D eigenvalue weighted by molar-refractivity contribution is 0.0829. The zero-order chi connectivity index (χ0) is 25.3. The van der Waals surface area contributed by atoms with E-state index in [-0.39, 0.29) is 12.5 Å². The highest BCUT2D eigenvalue weighted by atomic mass is 16.5. The summed E-state index contributed by atoms with van der Waals surface area (Å²) < 4.78 is 11.7. The van der Waals surface area contributed by atoms with Gasteiger partial charge in [-0.05, 0) is 61.0 Å². The lowest BCUT2D eigenvalue weighted by atomic mass is 10.1. The smallest absolute Gasteiger partial charge is 0.255 e. The molecule has 0 unspecified atom stereocenters. The first-order valence-electron chi connectivity index (χ1n) is 11.9. The van der Waals surface area contributed by atoms with E-state index in [1.54, 1.807) is 32.4 Å². The second kappa shape index (κ2) is 12.2. The van der Waals surface area contributed by atoms with Crippen LogP contribution in [0.5, 0.6) is 17.2 Å². The second-order valence-corrected chi connectivity index (χ2v) is 8.69. The van der Waals surface area contributed by atoms with E-state index in [2.05, 4.69) is 10.3 Å². The first kappa shape index (κ1) is 25.2. The van der Waals surface area contributed by atoms with Gasteiger partial charge in [-0.25, -0.2) is 0 Å². The van der Waals surface area contributed by atoms with Gasteiger partial charge in [-0.3, -0.25) is 9.78 Å². The van der Waals surface area contributed by atoms with Crippen LogP contribution in [0.2, 0.25) is 0 Å². The number of nitrogens with zero attached hydrogens (tertiary/aromatic N) is 2. The van der Waals surface area contributed by atoms with Crippen LogP contribution in [0.25, 0.3) is 10.9 Å². The topological polar surface area (TPSA) is 83.9 Å². The fraction of sp³-hybridized carbons (Fsp3) is 0.241. The maximum absolute atomic E-state index is 12.5. The van der Waals surface area contributed by atoms with Crippen molar-refractivity contribution in [2.45, 2.75) is 12.5 Å². The third-order valence-corrected chi connectivity index (χ3v) is 5.67. The van der Waals surface area contributed by atoms with Gasteiger partial charge in [0.15, 0.2) is 0 Å². The van der Waals surface area contributed by atoms with Gasteiger partial charge in [0.2, 0.25) is 0 Å². The molecule has 7 nitrogen and oxygen atoms in total. The average Bonchev–Trinajstić information content (AvgIpc) is 2.91. The number of para-hydroxylation sites is 2. The molecular formula is C29H31N3O4. The monoisotopic (exact) mass is 485 g/mol. The molecule has 0 bridgehead atoms. The molecule has 1 aromatic heterocycles. The predicted molar refractivity (Wildman–Crippen MR) is 141 cm³/mol. The van der Waals surface area contributed by atoms with Crippen LogP contribution in [-0.2, 0) is 6.42 Å². The van der Waals surface area contributed by atoms with Crippen LogP contribution >= 0.6 is 0 Å². The Balaban J connectivity index is 1.28. The quantitative estimate of drug-likeness (QED) is 0.308. The van der Waals surface area contributed by atoms with Crippen molar-refractivity contribution < 1.29 is 19.4 Å². The number of benzene rings is 3. The number of pyridine rings is 1. The maximum Gasteiger partial charge on any atom is 0.255 e. The lowest BCUT2D eigenvalue weighted by Crippen LogP contribution is -2.32. The lowest BCUT2D eigenvalue weighted by Gasteiger charge is -2.14. The Kier molecular flexibility index (Phi) is 8.49. The summed E-state index contributed by atoms with van der Waals surface area (Å²) in [6.45, 7) is 1.44. The van der Waals surface area contributed by atoms with Gasteiger partial charge < -0.3 is 24.8 Å². The van der Waals surface area contributed by atoms with Crippen molar-refractivity contribution in [3.63, 3.8) is 0 Å². The standard InChI is InChI=1S/C29H31N3O4/c1-32(2)29(34)26-10-6-9-25-27(16-18-31-28(25)26)36-24-13-11-21(12-14-24)15-17-30-19-22(33)20-35-23-7-4-3-5-8-23/h3-14,16,18,22,30,33H,15,17,19-20H2,1-2H3/t22-/m0/s1. The SMILES string of the molecule is CN(C)C(=O)c1cccc2c(Oc3ccc(CCNC[C@H](O)COc4ccccc4)cc3)ccnc12. The van der Waals surface area contributed by atoms with Crippen molar-refractivity contribution >= 4 is 16.8 Å². The molecule has 0 spiro atoms. The van der Waals surface area contributed by atoms with Gasteiger partial charge in [0.05, 0.1) is 11.1 Å². The fourth-order valence-electron chi connectivity index (χ4n) is 3.77. The van der Waals surface area contributed by atoms with Gasteiger partial charge in [0.1, 0.15) is 30.0 Å². The minimum Gasteiger partial charge on any atom is -0.491 e. The van der Waals surface area contributed by atoms with Crippen LogP contribution in [-0.4, -0.2) is 60.8 Å². The van der Waals surface area contributed by atoms with E-state index in [1.165, 1.54) is 4.90 Å². The maximum atomic E-state index is 12.5. The molecule has 36 heavy (non-hydrogen) atoms. The summed E-state index contributed by atoms with van der Waals surface area (Å²) in [5, 5.41) is 14.2. The summed E-state index contributed by atoms with van der Waals surface area (Å²) in [6, 6.07) is 24.7. The minimum absolute atomic E-state index is 0.0977. The third-order valence-electron chi connectivity index (χ3n) is 5.67. The molecule has 4 aromatic rings. The highest BCUT2D eigenvalue weighted by Gasteiger charge is 2.15. The van der Waals surface area contributed by atoms with Crippen LogP contribution < -0.4 is 14.8 Å². The number of fused-ring (bicyclic) bond motifs is 1. The highest BCUT2D eigenvalue weighted by molar-refractivity contribution is 6.06. The number of aliphatic hydroxyl groups is 1.